The number of nitrogens with one attached hydrogen (secondary N) is 1. The highest BCUT2D eigenvalue weighted by Crippen LogP contribution is 2.29. The zero-order chi connectivity index (χ0) is 13.3. The minimum Gasteiger partial charge on any atom is -0.490 e. The number of rotatable bonds is 4. The van der Waals surface area contributed by atoms with Crippen LogP contribution in [-0.4, -0.2) is 27.5 Å². The molecule has 1 aliphatic rings. The van der Waals surface area contributed by atoms with E-state index in [1.54, 1.807) is 0 Å². The number of nitrogens with two attached hydrogens (primary N) is 1. The Bertz CT molecular complexity index is 579. The number of amides is 1. The first-order valence-electron chi connectivity index (χ1n) is 5.47. The first kappa shape index (κ1) is 12.8. The van der Waals surface area contributed by atoms with Crippen LogP contribution in [0, 0.1) is 0 Å². The summed E-state index contributed by atoms with van der Waals surface area (Å²) in [5.74, 6) is -0.0382. The molecule has 1 saturated carbocycles. The molecular weight excluding hydrogens is 256 g/mol. The van der Waals surface area contributed by atoms with Gasteiger partial charge in [0.2, 0.25) is 10.0 Å². The van der Waals surface area contributed by atoms with E-state index in [1.807, 2.05) is 0 Å². The van der Waals surface area contributed by atoms with Crippen LogP contribution in [0.1, 0.15) is 23.2 Å². The van der Waals surface area contributed by atoms with E-state index in [2.05, 4.69) is 5.32 Å². The largest absolute Gasteiger partial charge is 0.490 e. The maximum atomic E-state index is 11.5. The molecule has 6 nitrogen and oxygen atoms in total. The van der Waals surface area contributed by atoms with Crippen molar-refractivity contribution < 1.29 is 17.9 Å². The predicted molar refractivity (Wildman–Crippen MR) is 64.9 cm³/mol. The molecule has 0 atom stereocenters. The highest BCUT2D eigenvalue weighted by atomic mass is 32.2. The summed E-state index contributed by atoms with van der Waals surface area (Å²) in [6.07, 6.45) is 1.99. The summed E-state index contributed by atoms with van der Waals surface area (Å²) in [7, 11) is -2.40. The van der Waals surface area contributed by atoms with Crippen LogP contribution in [0.3, 0.4) is 0 Å². The average molecular weight is 270 g/mol. The van der Waals surface area contributed by atoms with E-state index in [4.69, 9.17) is 9.88 Å². The highest BCUT2D eigenvalue weighted by Gasteiger charge is 2.24. The molecule has 0 spiro atoms. The van der Waals surface area contributed by atoms with Crippen LogP contribution in [0.2, 0.25) is 0 Å². The fourth-order valence-electron chi connectivity index (χ4n) is 1.46. The molecule has 1 amide bonds. The van der Waals surface area contributed by atoms with Crippen LogP contribution in [0.15, 0.2) is 23.1 Å². The van der Waals surface area contributed by atoms with Crippen LogP contribution >= 0.6 is 0 Å². The van der Waals surface area contributed by atoms with Crippen molar-refractivity contribution >= 4 is 15.9 Å². The molecule has 0 heterocycles. The highest BCUT2D eigenvalue weighted by molar-refractivity contribution is 7.89. The molecule has 98 valence electrons. The minimum absolute atomic E-state index is 0.110. The van der Waals surface area contributed by atoms with Gasteiger partial charge in [0.15, 0.2) is 0 Å². The molecule has 0 radical (unpaired) electrons. The molecule has 2 rings (SSSR count). The van der Waals surface area contributed by atoms with Crippen LogP contribution in [-0.2, 0) is 10.0 Å². The second-order valence-electron chi connectivity index (χ2n) is 4.13. The van der Waals surface area contributed by atoms with Gasteiger partial charge in [-0.3, -0.25) is 4.79 Å². The zero-order valence-corrected chi connectivity index (χ0v) is 10.7. The van der Waals surface area contributed by atoms with Crippen LogP contribution in [0.5, 0.6) is 5.75 Å². The number of hydrogen-bond donors (Lipinski definition) is 2. The van der Waals surface area contributed by atoms with Gasteiger partial charge in [-0.2, -0.15) is 0 Å². The van der Waals surface area contributed by atoms with Gasteiger partial charge in [-0.05, 0) is 25.0 Å². The summed E-state index contributed by atoms with van der Waals surface area (Å²) in [5.41, 5.74) is 0.208. The van der Waals surface area contributed by atoms with Crippen molar-refractivity contribution in [1.29, 1.82) is 0 Å². The van der Waals surface area contributed by atoms with Crippen molar-refractivity contribution in [2.45, 2.75) is 23.8 Å². The molecule has 1 aliphatic carbocycles. The predicted octanol–water partition coefficient (Wildman–Crippen LogP) is 0.235. The lowest BCUT2D eigenvalue weighted by Crippen LogP contribution is -2.19. The third kappa shape index (κ3) is 2.99. The number of carbonyl (C=O) groups excluding carboxylic acids is 1. The van der Waals surface area contributed by atoms with E-state index in [0.29, 0.717) is 5.75 Å². The average Bonchev–Trinajstić information content (AvgIpc) is 3.10. The molecule has 1 aromatic carbocycles. The summed E-state index contributed by atoms with van der Waals surface area (Å²) in [5, 5.41) is 7.49. The molecule has 18 heavy (non-hydrogen) atoms. The number of carbonyl (C=O) groups is 1. The molecule has 0 unspecified atom stereocenters. The van der Waals surface area contributed by atoms with E-state index >= 15 is 0 Å². The van der Waals surface area contributed by atoms with E-state index in [1.165, 1.54) is 25.2 Å². The molecule has 1 fully saturated rings. The Balaban J connectivity index is 2.43. The molecular formula is C11H14N2O4S. The van der Waals surface area contributed by atoms with E-state index in [0.717, 1.165) is 12.8 Å². The summed E-state index contributed by atoms with van der Waals surface area (Å²) < 4.78 is 28.2. The molecule has 1 aromatic rings. The second-order valence-corrected chi connectivity index (χ2v) is 5.70. The minimum atomic E-state index is -3.86. The standard InChI is InChI=1S/C11H14N2O4S/c1-13-11(14)7-4-9(17-8-2-3-8)6-10(5-7)18(12,15)16/h4-6,8H,2-3H2,1H3,(H,13,14)(H2,12,15,16). The Morgan fingerprint density at radius 1 is 1.39 bits per heavy atom. The van der Waals surface area contributed by atoms with Gasteiger partial charge >= 0.3 is 0 Å². The van der Waals surface area contributed by atoms with Crippen molar-refractivity contribution in [1.82, 2.24) is 5.32 Å². The van der Waals surface area contributed by atoms with Gasteiger partial charge in [0.1, 0.15) is 5.75 Å². The SMILES string of the molecule is CNC(=O)c1cc(OC2CC2)cc(S(N)(=O)=O)c1. The summed E-state index contributed by atoms with van der Waals surface area (Å²) >= 11 is 0. The number of sulfonamides is 1. The molecule has 0 bridgehead atoms. The molecule has 3 N–H and O–H groups in total. The maximum absolute atomic E-state index is 11.5. The smallest absolute Gasteiger partial charge is 0.251 e. The molecule has 7 heteroatoms. The Hall–Kier alpha value is -1.60. The van der Waals surface area contributed by atoms with Crippen molar-refractivity contribution in [3.05, 3.63) is 23.8 Å². The van der Waals surface area contributed by atoms with Gasteiger partial charge < -0.3 is 10.1 Å². The van der Waals surface area contributed by atoms with Crippen molar-refractivity contribution in [2.75, 3.05) is 7.05 Å². The third-order valence-corrected chi connectivity index (χ3v) is 3.42. The summed E-state index contributed by atoms with van der Waals surface area (Å²) in [4.78, 5) is 11.4. The lowest BCUT2D eigenvalue weighted by Gasteiger charge is -2.09. The Morgan fingerprint density at radius 3 is 2.56 bits per heavy atom. The fraction of sp³-hybridized carbons (Fsp3) is 0.364. The van der Waals surface area contributed by atoms with Gasteiger partial charge in [0.25, 0.3) is 5.91 Å². The summed E-state index contributed by atoms with van der Waals surface area (Å²) in [6.45, 7) is 0. The molecule has 0 saturated heterocycles. The van der Waals surface area contributed by atoms with Crippen molar-refractivity contribution in [2.24, 2.45) is 5.14 Å². The normalized spacial score (nSPS) is 15.2. The second kappa shape index (κ2) is 4.58. The first-order valence-corrected chi connectivity index (χ1v) is 7.01. The van der Waals surface area contributed by atoms with Crippen molar-refractivity contribution in [3.63, 3.8) is 0 Å². The van der Waals surface area contributed by atoms with Gasteiger partial charge in [-0.1, -0.05) is 0 Å². The van der Waals surface area contributed by atoms with Gasteiger partial charge in [-0.25, -0.2) is 13.6 Å². The van der Waals surface area contributed by atoms with Crippen molar-refractivity contribution in [3.8, 4) is 5.75 Å². The topological polar surface area (TPSA) is 98.5 Å². The first-order chi connectivity index (χ1) is 8.40. The summed E-state index contributed by atoms with van der Waals surface area (Å²) in [6, 6.07) is 4.07. The lowest BCUT2D eigenvalue weighted by molar-refractivity contribution is 0.0962. The number of primary sulfonamides is 1. The van der Waals surface area contributed by atoms with E-state index in [9.17, 15) is 13.2 Å². The van der Waals surface area contributed by atoms with Crippen LogP contribution in [0.4, 0.5) is 0 Å². The zero-order valence-electron chi connectivity index (χ0n) is 9.84. The number of ether oxygens (including phenoxy) is 1. The molecule has 0 aromatic heterocycles. The van der Waals surface area contributed by atoms with Gasteiger partial charge in [0.05, 0.1) is 11.0 Å². The Kier molecular flexibility index (Phi) is 3.27. The molecule has 0 aliphatic heterocycles. The third-order valence-electron chi connectivity index (χ3n) is 2.52. The van der Waals surface area contributed by atoms with Gasteiger partial charge in [-0.15, -0.1) is 0 Å². The quantitative estimate of drug-likeness (QED) is 0.818. The fourth-order valence-corrected chi connectivity index (χ4v) is 2.03. The van der Waals surface area contributed by atoms with E-state index in [-0.39, 0.29) is 22.5 Å². The number of hydrogen-bond acceptors (Lipinski definition) is 4. The maximum Gasteiger partial charge on any atom is 0.251 e. The lowest BCUT2D eigenvalue weighted by atomic mass is 10.2. The van der Waals surface area contributed by atoms with Crippen LogP contribution in [0.25, 0.3) is 0 Å². The monoisotopic (exact) mass is 270 g/mol. The number of benzene rings is 1. The van der Waals surface area contributed by atoms with E-state index < -0.39 is 10.0 Å². The van der Waals surface area contributed by atoms with Crippen LogP contribution < -0.4 is 15.2 Å². The van der Waals surface area contributed by atoms with Gasteiger partial charge in [0, 0.05) is 18.7 Å². The Labute approximate surface area is 105 Å². The Morgan fingerprint density at radius 2 is 2.06 bits per heavy atom.